The van der Waals surface area contributed by atoms with Crippen molar-refractivity contribution in [2.45, 2.75) is 12.5 Å². The molecule has 124 valence electrons. The predicted octanol–water partition coefficient (Wildman–Crippen LogP) is 1.76. The number of amides is 2. The molecule has 1 aliphatic heterocycles. The van der Waals surface area contributed by atoms with E-state index in [0.29, 0.717) is 29.2 Å². The van der Waals surface area contributed by atoms with Crippen molar-refractivity contribution < 1.29 is 19.1 Å². The number of primary amides is 1. The van der Waals surface area contributed by atoms with E-state index in [9.17, 15) is 9.59 Å². The minimum absolute atomic E-state index is 0.319. The van der Waals surface area contributed by atoms with E-state index in [1.807, 2.05) is 24.3 Å². The number of nitrogens with two attached hydrogens (primary N) is 1. The number of carbonyl (C=O) groups is 2. The van der Waals surface area contributed by atoms with Crippen LogP contribution in [0.25, 0.3) is 0 Å². The van der Waals surface area contributed by atoms with E-state index in [2.05, 4.69) is 0 Å². The van der Waals surface area contributed by atoms with Crippen LogP contribution in [0, 0.1) is 0 Å². The highest BCUT2D eigenvalue weighted by Gasteiger charge is 2.37. The monoisotopic (exact) mass is 326 g/mol. The third-order valence-electron chi connectivity index (χ3n) is 4.12. The topological polar surface area (TPSA) is 81.9 Å². The van der Waals surface area contributed by atoms with Crippen LogP contribution in [-0.4, -0.2) is 32.1 Å². The first-order valence-corrected chi connectivity index (χ1v) is 7.49. The molecule has 2 aromatic carbocycles. The van der Waals surface area contributed by atoms with Crippen LogP contribution in [0.1, 0.15) is 15.9 Å². The Morgan fingerprint density at radius 1 is 1.08 bits per heavy atom. The lowest BCUT2D eigenvalue weighted by atomic mass is 10.1. The van der Waals surface area contributed by atoms with E-state index in [4.69, 9.17) is 15.2 Å². The van der Waals surface area contributed by atoms with Crippen molar-refractivity contribution in [3.05, 3.63) is 53.6 Å². The van der Waals surface area contributed by atoms with Crippen molar-refractivity contribution in [3.8, 4) is 11.5 Å². The van der Waals surface area contributed by atoms with Gasteiger partial charge in [-0.2, -0.15) is 0 Å². The van der Waals surface area contributed by atoms with Crippen LogP contribution in [0.15, 0.2) is 42.5 Å². The third-order valence-corrected chi connectivity index (χ3v) is 4.12. The molecule has 1 heterocycles. The van der Waals surface area contributed by atoms with Gasteiger partial charge in [0.25, 0.3) is 5.91 Å². The summed E-state index contributed by atoms with van der Waals surface area (Å²) in [4.78, 5) is 26.4. The second kappa shape index (κ2) is 6.23. The van der Waals surface area contributed by atoms with Crippen LogP contribution < -0.4 is 20.1 Å². The maximum Gasteiger partial charge on any atom is 0.259 e. The molecule has 2 amide bonds. The van der Waals surface area contributed by atoms with Gasteiger partial charge in [-0.15, -0.1) is 0 Å². The Kier molecular flexibility index (Phi) is 4.12. The number of fused-ring (bicyclic) bond motifs is 1. The lowest BCUT2D eigenvalue weighted by molar-refractivity contribution is -0.119. The molecule has 0 spiro atoms. The average molecular weight is 326 g/mol. The SMILES string of the molecule is COc1cc(OC)cc(C(=O)N2c3ccccc3CC2C(N)=O)c1. The van der Waals surface area contributed by atoms with Crippen molar-refractivity contribution in [2.75, 3.05) is 19.1 Å². The lowest BCUT2D eigenvalue weighted by Gasteiger charge is -2.23. The number of benzene rings is 2. The molecule has 1 aliphatic rings. The fourth-order valence-corrected chi connectivity index (χ4v) is 2.93. The summed E-state index contributed by atoms with van der Waals surface area (Å²) in [5.74, 6) is 0.150. The molecule has 0 bridgehead atoms. The van der Waals surface area contributed by atoms with E-state index in [1.165, 1.54) is 19.1 Å². The van der Waals surface area contributed by atoms with Crippen LogP contribution >= 0.6 is 0 Å². The summed E-state index contributed by atoms with van der Waals surface area (Å²) in [6.07, 6.45) is 0.415. The van der Waals surface area contributed by atoms with Crippen LogP contribution in [0.5, 0.6) is 11.5 Å². The van der Waals surface area contributed by atoms with Crippen LogP contribution in [0.3, 0.4) is 0 Å². The summed E-state index contributed by atoms with van der Waals surface area (Å²) in [6, 6.07) is 11.6. The highest BCUT2D eigenvalue weighted by Crippen LogP contribution is 2.34. The molecule has 0 saturated heterocycles. The molecular formula is C18H18N2O4. The van der Waals surface area contributed by atoms with E-state index < -0.39 is 11.9 Å². The molecule has 24 heavy (non-hydrogen) atoms. The van der Waals surface area contributed by atoms with E-state index in [-0.39, 0.29) is 5.91 Å². The summed E-state index contributed by atoms with van der Waals surface area (Å²) in [7, 11) is 3.03. The molecule has 1 unspecified atom stereocenters. The molecule has 3 rings (SSSR count). The first-order valence-electron chi connectivity index (χ1n) is 7.49. The summed E-state index contributed by atoms with van der Waals surface area (Å²) < 4.78 is 10.4. The van der Waals surface area contributed by atoms with Crippen LogP contribution in [-0.2, 0) is 11.2 Å². The van der Waals surface area contributed by atoms with E-state index in [0.717, 1.165) is 5.56 Å². The fraction of sp³-hybridized carbons (Fsp3) is 0.222. The van der Waals surface area contributed by atoms with Gasteiger partial charge < -0.3 is 15.2 Å². The van der Waals surface area contributed by atoms with Gasteiger partial charge in [-0.3, -0.25) is 14.5 Å². The first-order chi connectivity index (χ1) is 11.5. The largest absolute Gasteiger partial charge is 0.497 e. The zero-order valence-electron chi connectivity index (χ0n) is 13.5. The molecule has 0 aromatic heterocycles. The summed E-state index contributed by atoms with van der Waals surface area (Å²) in [5, 5.41) is 0. The molecule has 0 saturated carbocycles. The zero-order valence-corrected chi connectivity index (χ0v) is 13.5. The standard InChI is InChI=1S/C18H18N2O4/c1-23-13-7-12(8-14(10-13)24-2)18(22)20-15-6-4-3-5-11(15)9-16(20)17(19)21/h3-8,10,16H,9H2,1-2H3,(H2,19,21). The number of ether oxygens (including phenoxy) is 2. The van der Waals surface area contributed by atoms with Gasteiger partial charge in [0, 0.05) is 23.7 Å². The first kappa shape index (κ1) is 15.9. The molecule has 0 fully saturated rings. The summed E-state index contributed by atoms with van der Waals surface area (Å²) >= 11 is 0. The smallest absolute Gasteiger partial charge is 0.259 e. The van der Waals surface area contributed by atoms with Gasteiger partial charge >= 0.3 is 0 Å². The van der Waals surface area contributed by atoms with Crippen LogP contribution in [0.2, 0.25) is 0 Å². The van der Waals surface area contributed by atoms with Gasteiger partial charge in [-0.25, -0.2) is 0 Å². The number of rotatable bonds is 4. The fourth-order valence-electron chi connectivity index (χ4n) is 2.93. The molecule has 0 radical (unpaired) electrons. The van der Waals surface area contributed by atoms with E-state index in [1.54, 1.807) is 18.2 Å². The zero-order chi connectivity index (χ0) is 17.3. The number of hydrogen-bond acceptors (Lipinski definition) is 4. The molecule has 6 heteroatoms. The second-order valence-corrected chi connectivity index (χ2v) is 5.53. The summed E-state index contributed by atoms with van der Waals surface area (Å²) in [6.45, 7) is 0. The maximum atomic E-state index is 13.1. The predicted molar refractivity (Wildman–Crippen MR) is 89.5 cm³/mol. The number of methoxy groups -OCH3 is 2. The normalized spacial score (nSPS) is 15.8. The van der Waals surface area contributed by atoms with Gasteiger partial charge in [-0.1, -0.05) is 18.2 Å². The molecular weight excluding hydrogens is 308 g/mol. The maximum absolute atomic E-state index is 13.1. The minimum atomic E-state index is -0.702. The molecule has 2 aromatic rings. The van der Waals surface area contributed by atoms with Crippen molar-refractivity contribution in [3.63, 3.8) is 0 Å². The second-order valence-electron chi connectivity index (χ2n) is 5.53. The highest BCUT2D eigenvalue weighted by atomic mass is 16.5. The lowest BCUT2D eigenvalue weighted by Crippen LogP contribution is -2.46. The van der Waals surface area contributed by atoms with Gasteiger partial charge in [0.15, 0.2) is 0 Å². The highest BCUT2D eigenvalue weighted by molar-refractivity contribution is 6.11. The molecule has 0 aliphatic carbocycles. The number of nitrogens with zero attached hydrogens (tertiary/aromatic N) is 1. The molecule has 2 N–H and O–H groups in total. The van der Waals surface area contributed by atoms with Crippen molar-refractivity contribution in [1.82, 2.24) is 0 Å². The Hall–Kier alpha value is -3.02. The molecule has 1 atom stereocenters. The van der Waals surface area contributed by atoms with Gasteiger partial charge in [0.2, 0.25) is 5.91 Å². The van der Waals surface area contributed by atoms with Gasteiger partial charge in [-0.05, 0) is 23.8 Å². The minimum Gasteiger partial charge on any atom is -0.497 e. The Balaban J connectivity index is 2.06. The van der Waals surface area contributed by atoms with Crippen molar-refractivity contribution in [2.24, 2.45) is 5.73 Å². The quantitative estimate of drug-likeness (QED) is 0.928. The Morgan fingerprint density at radius 3 is 2.29 bits per heavy atom. The van der Waals surface area contributed by atoms with Crippen molar-refractivity contribution in [1.29, 1.82) is 0 Å². The van der Waals surface area contributed by atoms with Crippen LogP contribution in [0.4, 0.5) is 5.69 Å². The Labute approximate surface area is 139 Å². The number of anilines is 1. The Bertz CT molecular complexity index is 781. The van der Waals surface area contributed by atoms with Crippen molar-refractivity contribution >= 4 is 17.5 Å². The third kappa shape index (κ3) is 2.67. The number of carbonyl (C=O) groups excluding carboxylic acids is 2. The average Bonchev–Trinajstić information content (AvgIpc) is 3.00. The Morgan fingerprint density at radius 2 is 1.71 bits per heavy atom. The number of para-hydroxylation sites is 1. The summed E-state index contributed by atoms with van der Waals surface area (Å²) in [5.41, 5.74) is 7.51. The van der Waals surface area contributed by atoms with Gasteiger partial charge in [0.1, 0.15) is 17.5 Å². The van der Waals surface area contributed by atoms with Gasteiger partial charge in [0.05, 0.1) is 14.2 Å². The molecule has 6 nitrogen and oxygen atoms in total. The number of hydrogen-bond donors (Lipinski definition) is 1. The van der Waals surface area contributed by atoms with E-state index >= 15 is 0 Å².